The second-order valence-corrected chi connectivity index (χ2v) is 7.41. The van der Waals surface area contributed by atoms with E-state index in [0.29, 0.717) is 39.1 Å². The van der Waals surface area contributed by atoms with Gasteiger partial charge in [0.05, 0.1) is 22.7 Å². The molecule has 1 amide bonds. The van der Waals surface area contributed by atoms with E-state index < -0.39 is 5.82 Å². The number of aromatic amines is 2. The molecule has 0 atom stereocenters. The van der Waals surface area contributed by atoms with E-state index in [2.05, 4.69) is 15.0 Å². The predicted octanol–water partition coefficient (Wildman–Crippen LogP) is 3.42. The van der Waals surface area contributed by atoms with Crippen molar-refractivity contribution in [3.8, 4) is 0 Å². The molecule has 0 unspecified atom stereocenters. The molecule has 0 saturated carbocycles. The molecule has 0 aliphatic carbocycles. The van der Waals surface area contributed by atoms with Crippen LogP contribution in [0.4, 0.5) is 4.39 Å². The van der Waals surface area contributed by atoms with Crippen LogP contribution in [0.5, 0.6) is 0 Å². The Morgan fingerprint density at radius 3 is 2.66 bits per heavy atom. The van der Waals surface area contributed by atoms with Crippen molar-refractivity contribution in [2.45, 2.75) is 44.9 Å². The Morgan fingerprint density at radius 1 is 1.21 bits per heavy atom. The smallest absolute Gasteiger partial charge is 0.259 e. The average molecular weight is 395 g/mol. The second kappa shape index (κ2) is 6.95. The average Bonchev–Trinajstić information content (AvgIpc) is 3.15. The summed E-state index contributed by atoms with van der Waals surface area (Å²) in [4.78, 5) is 39.1. The molecule has 8 heteroatoms. The number of fused-ring (bicyclic) bond motifs is 6. The number of primary amides is 1. The van der Waals surface area contributed by atoms with Crippen LogP contribution in [-0.2, 0) is 10.2 Å². The first-order valence-electron chi connectivity index (χ1n) is 9.67. The number of rotatable bonds is 6. The van der Waals surface area contributed by atoms with Crippen LogP contribution in [0, 0.1) is 5.82 Å². The topological polar surface area (TPSA) is 118 Å². The number of carbonyl (C=O) groups is 1. The van der Waals surface area contributed by atoms with Gasteiger partial charge in [0, 0.05) is 22.6 Å². The number of amides is 1. The highest BCUT2D eigenvalue weighted by Crippen LogP contribution is 2.38. The van der Waals surface area contributed by atoms with Gasteiger partial charge in [-0.2, -0.15) is 0 Å². The molecule has 0 fully saturated rings. The first-order valence-corrected chi connectivity index (χ1v) is 9.67. The van der Waals surface area contributed by atoms with E-state index in [1.807, 2.05) is 13.8 Å². The van der Waals surface area contributed by atoms with Gasteiger partial charge in [-0.3, -0.25) is 9.59 Å². The van der Waals surface area contributed by atoms with Crippen LogP contribution < -0.4 is 11.3 Å². The summed E-state index contributed by atoms with van der Waals surface area (Å²) in [5.41, 5.74) is 6.39. The Balaban J connectivity index is 2.09. The number of nitrogens with one attached hydrogen (secondary N) is 2. The lowest BCUT2D eigenvalue weighted by Gasteiger charge is -2.29. The second-order valence-electron chi connectivity index (χ2n) is 7.41. The summed E-state index contributed by atoms with van der Waals surface area (Å²) in [6, 6.07) is 4.32. The lowest BCUT2D eigenvalue weighted by atomic mass is 9.77. The maximum Gasteiger partial charge on any atom is 0.259 e. The molecule has 150 valence electrons. The third-order valence-corrected chi connectivity index (χ3v) is 6.01. The molecule has 2 aromatic carbocycles. The van der Waals surface area contributed by atoms with Crippen LogP contribution >= 0.6 is 0 Å². The van der Waals surface area contributed by atoms with Crippen molar-refractivity contribution in [1.29, 1.82) is 0 Å². The molecule has 7 nitrogen and oxygen atoms in total. The Morgan fingerprint density at radius 2 is 1.97 bits per heavy atom. The molecule has 4 aromatic rings. The normalized spacial score (nSPS) is 12.2. The zero-order chi connectivity index (χ0) is 20.8. The van der Waals surface area contributed by atoms with Crippen LogP contribution in [0.25, 0.3) is 32.7 Å². The SMILES string of the molecule is CCC(CC)(CCC(N)=O)c1nc2c3ccc(F)cc3c3c(=O)[nH]cnc3c2[nH]1. The van der Waals surface area contributed by atoms with Gasteiger partial charge in [-0.25, -0.2) is 14.4 Å². The summed E-state index contributed by atoms with van der Waals surface area (Å²) in [6.45, 7) is 4.10. The van der Waals surface area contributed by atoms with Crippen molar-refractivity contribution >= 4 is 38.6 Å². The molecular weight excluding hydrogens is 373 g/mol. The van der Waals surface area contributed by atoms with Gasteiger partial charge < -0.3 is 15.7 Å². The minimum atomic E-state index is -0.435. The third kappa shape index (κ3) is 2.95. The quantitative estimate of drug-likeness (QED) is 0.434. The number of H-pyrrole nitrogens is 2. The number of carbonyl (C=O) groups excluding carboxylic acids is 1. The lowest BCUT2D eigenvalue weighted by Crippen LogP contribution is -2.28. The molecule has 0 radical (unpaired) electrons. The number of hydrogen-bond donors (Lipinski definition) is 3. The van der Waals surface area contributed by atoms with Gasteiger partial charge in [0.1, 0.15) is 17.2 Å². The predicted molar refractivity (Wildman–Crippen MR) is 110 cm³/mol. The van der Waals surface area contributed by atoms with Crippen molar-refractivity contribution in [3.63, 3.8) is 0 Å². The lowest BCUT2D eigenvalue weighted by molar-refractivity contribution is -0.118. The maximum absolute atomic E-state index is 14.0. The van der Waals surface area contributed by atoms with Gasteiger partial charge in [-0.1, -0.05) is 13.8 Å². The summed E-state index contributed by atoms with van der Waals surface area (Å²) in [7, 11) is 0. The summed E-state index contributed by atoms with van der Waals surface area (Å²) < 4.78 is 14.0. The molecule has 0 bridgehead atoms. The minimum absolute atomic E-state index is 0.253. The van der Waals surface area contributed by atoms with Crippen LogP contribution in [0.15, 0.2) is 29.3 Å². The molecule has 0 saturated heterocycles. The Bertz CT molecular complexity index is 1300. The highest BCUT2D eigenvalue weighted by atomic mass is 19.1. The number of hydrogen-bond acceptors (Lipinski definition) is 4. The maximum atomic E-state index is 14.0. The van der Waals surface area contributed by atoms with Gasteiger partial charge in [0.2, 0.25) is 5.91 Å². The van der Waals surface area contributed by atoms with Gasteiger partial charge in [-0.05, 0) is 37.5 Å². The Kier molecular flexibility index (Phi) is 4.56. The monoisotopic (exact) mass is 395 g/mol. The van der Waals surface area contributed by atoms with E-state index in [1.165, 1.54) is 18.5 Å². The fourth-order valence-electron chi connectivity index (χ4n) is 4.18. The zero-order valence-corrected chi connectivity index (χ0v) is 16.3. The van der Waals surface area contributed by atoms with Crippen LogP contribution in [0.3, 0.4) is 0 Å². The van der Waals surface area contributed by atoms with Gasteiger partial charge in [0.15, 0.2) is 0 Å². The summed E-state index contributed by atoms with van der Waals surface area (Å²) in [5.74, 6) is -0.0685. The minimum Gasteiger partial charge on any atom is -0.370 e. The Hall–Kier alpha value is -3.29. The molecule has 0 aliphatic rings. The van der Waals surface area contributed by atoms with Crippen molar-refractivity contribution in [2.24, 2.45) is 5.73 Å². The summed E-state index contributed by atoms with van der Waals surface area (Å²) >= 11 is 0. The van der Waals surface area contributed by atoms with Crippen molar-refractivity contribution in [3.05, 3.63) is 46.5 Å². The number of aromatic nitrogens is 4. The largest absolute Gasteiger partial charge is 0.370 e. The molecule has 4 rings (SSSR count). The highest BCUT2D eigenvalue weighted by molar-refractivity contribution is 6.21. The van der Waals surface area contributed by atoms with Crippen LogP contribution in [0.1, 0.15) is 45.4 Å². The number of imidazole rings is 1. The zero-order valence-electron chi connectivity index (χ0n) is 16.3. The van der Waals surface area contributed by atoms with E-state index in [9.17, 15) is 14.0 Å². The molecule has 0 spiro atoms. The number of nitrogens with two attached hydrogens (primary N) is 1. The number of benzene rings is 2. The Labute approximate surface area is 165 Å². The van der Waals surface area contributed by atoms with Crippen molar-refractivity contribution in [2.75, 3.05) is 0 Å². The van der Waals surface area contributed by atoms with E-state index in [-0.39, 0.29) is 23.3 Å². The molecule has 0 aliphatic heterocycles. The van der Waals surface area contributed by atoms with Gasteiger partial charge in [-0.15, -0.1) is 0 Å². The van der Waals surface area contributed by atoms with Crippen LogP contribution in [0.2, 0.25) is 0 Å². The molecule has 4 N–H and O–H groups in total. The van der Waals surface area contributed by atoms with E-state index >= 15 is 0 Å². The molecule has 29 heavy (non-hydrogen) atoms. The van der Waals surface area contributed by atoms with E-state index in [1.54, 1.807) is 6.07 Å². The van der Waals surface area contributed by atoms with E-state index in [0.717, 1.165) is 18.7 Å². The fraction of sp³-hybridized carbons (Fsp3) is 0.333. The number of nitrogens with zero attached hydrogens (tertiary/aromatic N) is 2. The molecule has 2 heterocycles. The van der Waals surface area contributed by atoms with Crippen molar-refractivity contribution < 1.29 is 9.18 Å². The third-order valence-electron chi connectivity index (χ3n) is 6.01. The fourth-order valence-corrected chi connectivity index (χ4v) is 4.18. The molecular formula is C21H22FN5O2. The summed E-state index contributed by atoms with van der Waals surface area (Å²) in [6.07, 6.45) is 3.66. The number of halogens is 1. The molecule has 2 aromatic heterocycles. The van der Waals surface area contributed by atoms with Crippen molar-refractivity contribution in [1.82, 2.24) is 19.9 Å². The first-order chi connectivity index (χ1) is 13.9. The van der Waals surface area contributed by atoms with Crippen LogP contribution in [-0.4, -0.2) is 25.8 Å². The van der Waals surface area contributed by atoms with Gasteiger partial charge >= 0.3 is 0 Å². The first kappa shape index (κ1) is 19.0. The highest BCUT2D eigenvalue weighted by Gasteiger charge is 2.33. The van der Waals surface area contributed by atoms with Gasteiger partial charge in [0.25, 0.3) is 5.56 Å². The van der Waals surface area contributed by atoms with E-state index in [4.69, 9.17) is 10.7 Å². The standard InChI is InChI=1S/C21H22FN5O2/c1-3-21(4-2,8-7-14(23)28)20-26-16-12-6-5-11(22)9-13(12)15-17(18(16)27-20)24-10-25-19(15)29/h5-6,9-10H,3-4,7-8H2,1-2H3,(H2,23,28)(H,26,27)(H,24,25,29). The summed E-state index contributed by atoms with van der Waals surface area (Å²) in [5, 5.41) is 1.46.